The number of anilines is 1. The highest BCUT2D eigenvalue weighted by Crippen LogP contribution is 2.33. The fraction of sp³-hybridized carbons (Fsp3) is 0.269. The molecule has 200 valence electrons. The zero-order valence-electron chi connectivity index (χ0n) is 20.8. The van der Waals surface area contributed by atoms with Gasteiger partial charge in [-0.3, -0.25) is 9.89 Å². The molecule has 1 amide bonds. The number of aliphatic hydroxyl groups is 1. The number of rotatable bonds is 6. The Bertz CT molecular complexity index is 1670. The van der Waals surface area contributed by atoms with E-state index in [2.05, 4.69) is 30.6 Å². The summed E-state index contributed by atoms with van der Waals surface area (Å²) in [6.07, 6.45) is 5.91. The number of β-amino-alcohol motifs (C(OH)–C–C–N with tert-alkyl or cyclic N) is 1. The maximum atomic E-state index is 13.3. The van der Waals surface area contributed by atoms with Crippen LogP contribution in [-0.4, -0.2) is 72.6 Å². The molecule has 6 rings (SSSR count). The molecule has 5 aromatic heterocycles. The molecular formula is C26H24ClFN8O3. The van der Waals surface area contributed by atoms with E-state index < -0.39 is 23.9 Å². The summed E-state index contributed by atoms with van der Waals surface area (Å²) in [6, 6.07) is 6.35. The van der Waals surface area contributed by atoms with Gasteiger partial charge in [0.05, 0.1) is 53.3 Å². The van der Waals surface area contributed by atoms with Crippen LogP contribution in [0.5, 0.6) is 5.75 Å². The monoisotopic (exact) mass is 550 g/mol. The number of nitrogens with one attached hydrogen (secondary N) is 2. The third kappa shape index (κ3) is 4.72. The Hall–Kier alpha value is -4.29. The van der Waals surface area contributed by atoms with Crippen LogP contribution in [0.1, 0.15) is 23.8 Å². The van der Waals surface area contributed by atoms with Gasteiger partial charge in [-0.2, -0.15) is 5.10 Å². The molecule has 0 saturated carbocycles. The predicted octanol–water partition coefficient (Wildman–Crippen LogP) is 3.23. The Kier molecular flexibility index (Phi) is 6.49. The largest absolute Gasteiger partial charge is 0.492 e. The Balaban J connectivity index is 1.19. The summed E-state index contributed by atoms with van der Waals surface area (Å²) in [6.45, 7) is 3.27. The highest BCUT2D eigenvalue weighted by Gasteiger charge is 2.30. The van der Waals surface area contributed by atoms with E-state index in [9.17, 15) is 14.3 Å². The number of carbonyl (C=O) groups is 1. The Morgan fingerprint density at radius 1 is 1.28 bits per heavy atom. The van der Waals surface area contributed by atoms with Gasteiger partial charge in [-0.25, -0.2) is 18.9 Å². The molecule has 6 heterocycles. The smallest absolute Gasteiger partial charge is 0.271 e. The number of piperidine rings is 1. The fourth-order valence-corrected chi connectivity index (χ4v) is 5.10. The molecule has 1 aliphatic rings. The van der Waals surface area contributed by atoms with Crippen LogP contribution in [0.2, 0.25) is 5.02 Å². The number of fused-ring (bicyclic) bond motifs is 3. The Morgan fingerprint density at radius 3 is 2.90 bits per heavy atom. The molecule has 5 aromatic rings. The van der Waals surface area contributed by atoms with Crippen LogP contribution in [0.4, 0.5) is 10.2 Å². The van der Waals surface area contributed by atoms with Gasteiger partial charge in [0.2, 0.25) is 0 Å². The van der Waals surface area contributed by atoms with Crippen LogP contribution in [-0.2, 0) is 0 Å². The Labute approximate surface area is 226 Å². The van der Waals surface area contributed by atoms with Crippen molar-refractivity contribution in [3.63, 3.8) is 0 Å². The van der Waals surface area contributed by atoms with Crippen molar-refractivity contribution in [1.82, 2.24) is 35.1 Å². The predicted molar refractivity (Wildman–Crippen MR) is 143 cm³/mol. The maximum Gasteiger partial charge on any atom is 0.271 e. The number of ether oxygens (including phenoxy) is 1. The van der Waals surface area contributed by atoms with Gasteiger partial charge < -0.3 is 20.1 Å². The molecule has 0 radical (unpaired) electrons. The van der Waals surface area contributed by atoms with Gasteiger partial charge in [0.25, 0.3) is 5.91 Å². The number of aromatic nitrogens is 6. The lowest BCUT2D eigenvalue weighted by Crippen LogP contribution is -2.54. The number of carbonyl (C=O) groups excluding carboxylic acids is 1. The Morgan fingerprint density at radius 2 is 2.15 bits per heavy atom. The minimum absolute atomic E-state index is 0.0849. The number of H-pyrrole nitrogens is 1. The number of pyridine rings is 3. The summed E-state index contributed by atoms with van der Waals surface area (Å²) in [5, 5.41) is 25.9. The molecule has 0 spiro atoms. The first kappa shape index (κ1) is 25.0. The first-order chi connectivity index (χ1) is 18.9. The van der Waals surface area contributed by atoms with Gasteiger partial charge in [0.1, 0.15) is 23.1 Å². The van der Waals surface area contributed by atoms with Crippen molar-refractivity contribution in [3.05, 3.63) is 65.6 Å². The minimum Gasteiger partial charge on any atom is -0.492 e. The molecule has 39 heavy (non-hydrogen) atoms. The third-order valence-electron chi connectivity index (χ3n) is 6.72. The van der Waals surface area contributed by atoms with Crippen molar-refractivity contribution in [2.75, 3.05) is 24.6 Å². The number of nitrogens with zero attached hydrogens (tertiary/aromatic N) is 6. The lowest BCUT2D eigenvalue weighted by molar-refractivity contribution is 0.0793. The van der Waals surface area contributed by atoms with E-state index in [1.54, 1.807) is 16.9 Å². The van der Waals surface area contributed by atoms with Gasteiger partial charge in [0.15, 0.2) is 5.65 Å². The molecule has 1 fully saturated rings. The van der Waals surface area contributed by atoms with E-state index in [4.69, 9.17) is 16.3 Å². The van der Waals surface area contributed by atoms with Crippen LogP contribution in [0.25, 0.3) is 27.7 Å². The summed E-state index contributed by atoms with van der Waals surface area (Å²) in [5.41, 5.74) is 3.26. The molecule has 0 bridgehead atoms. The van der Waals surface area contributed by atoms with Gasteiger partial charge >= 0.3 is 0 Å². The van der Waals surface area contributed by atoms with Crippen LogP contribution >= 0.6 is 11.6 Å². The number of halogens is 2. The van der Waals surface area contributed by atoms with Crippen LogP contribution in [0.15, 0.2) is 49.1 Å². The van der Waals surface area contributed by atoms with Crippen molar-refractivity contribution in [1.29, 1.82) is 0 Å². The lowest BCUT2D eigenvalue weighted by atomic mass is 10.0. The topological polar surface area (TPSA) is 134 Å². The van der Waals surface area contributed by atoms with Crippen LogP contribution in [0, 0.1) is 5.82 Å². The number of aromatic amines is 1. The summed E-state index contributed by atoms with van der Waals surface area (Å²) >= 11 is 5.95. The van der Waals surface area contributed by atoms with Crippen molar-refractivity contribution < 1.29 is 19.0 Å². The highest BCUT2D eigenvalue weighted by atomic mass is 35.5. The first-order valence-corrected chi connectivity index (χ1v) is 12.8. The van der Waals surface area contributed by atoms with E-state index >= 15 is 0 Å². The summed E-state index contributed by atoms with van der Waals surface area (Å²) in [4.78, 5) is 23.0. The summed E-state index contributed by atoms with van der Waals surface area (Å²) < 4.78 is 20.8. The van der Waals surface area contributed by atoms with Gasteiger partial charge in [0, 0.05) is 30.4 Å². The third-order valence-corrected chi connectivity index (χ3v) is 7.01. The van der Waals surface area contributed by atoms with Gasteiger partial charge in [-0.05, 0) is 37.6 Å². The fourth-order valence-electron chi connectivity index (χ4n) is 4.86. The normalized spacial score (nSPS) is 17.6. The number of hydrogen-bond donors (Lipinski definition) is 3. The molecule has 0 aromatic carbocycles. The molecule has 13 heteroatoms. The molecule has 1 saturated heterocycles. The lowest BCUT2D eigenvalue weighted by Gasteiger charge is -2.36. The van der Waals surface area contributed by atoms with E-state index in [-0.39, 0.29) is 17.3 Å². The first-order valence-electron chi connectivity index (χ1n) is 12.4. The van der Waals surface area contributed by atoms with Gasteiger partial charge in [-0.1, -0.05) is 11.6 Å². The van der Waals surface area contributed by atoms with E-state index in [0.717, 1.165) is 34.3 Å². The standard InChI is InChI=1S/C26H24ClFN8O3/c1-2-39-16-8-17(24-18-11-31-33-25(18)34-36(24)12-16)14-3-4-22(29-9-14)35-6-5-20(21(37)13-35)32-26(38)23-19(27)7-15(28)10-30-23/h3-4,7-12,20-21,37H,2,5-6,13H2,1H3,(H,32,38)(H,33,34)/t20-,21+/m0/s1. The minimum atomic E-state index is -0.855. The second kappa shape index (κ2) is 10.1. The van der Waals surface area contributed by atoms with Crippen molar-refractivity contribution in [2.24, 2.45) is 0 Å². The molecule has 0 unspecified atom stereocenters. The van der Waals surface area contributed by atoms with Gasteiger partial charge in [-0.15, -0.1) is 5.10 Å². The molecule has 2 atom stereocenters. The van der Waals surface area contributed by atoms with E-state index in [0.29, 0.717) is 36.8 Å². The summed E-state index contributed by atoms with van der Waals surface area (Å²) in [7, 11) is 0. The number of aliphatic hydroxyl groups excluding tert-OH is 1. The zero-order chi connectivity index (χ0) is 27.1. The van der Waals surface area contributed by atoms with E-state index in [1.807, 2.05) is 36.2 Å². The molecule has 3 N–H and O–H groups in total. The van der Waals surface area contributed by atoms with E-state index in [1.165, 1.54) is 0 Å². The quantitative estimate of drug-likeness (QED) is 0.293. The second-order valence-corrected chi connectivity index (χ2v) is 9.63. The maximum absolute atomic E-state index is 13.3. The van der Waals surface area contributed by atoms with Crippen molar-refractivity contribution in [3.8, 4) is 16.9 Å². The van der Waals surface area contributed by atoms with Crippen LogP contribution < -0.4 is 15.0 Å². The number of hydrogen-bond acceptors (Lipinski definition) is 8. The molecule has 11 nitrogen and oxygen atoms in total. The van der Waals surface area contributed by atoms with Crippen molar-refractivity contribution >= 4 is 39.9 Å². The highest BCUT2D eigenvalue weighted by molar-refractivity contribution is 6.33. The average Bonchev–Trinajstić information content (AvgIpc) is 3.51. The molecule has 1 aliphatic heterocycles. The average molecular weight is 551 g/mol. The molecular weight excluding hydrogens is 527 g/mol. The van der Waals surface area contributed by atoms with Crippen molar-refractivity contribution in [2.45, 2.75) is 25.5 Å². The van der Waals surface area contributed by atoms with Crippen LogP contribution in [0.3, 0.4) is 0 Å². The summed E-state index contributed by atoms with van der Waals surface area (Å²) in [5.74, 6) is 0.193. The molecule has 0 aliphatic carbocycles. The second-order valence-electron chi connectivity index (χ2n) is 9.22. The zero-order valence-corrected chi connectivity index (χ0v) is 21.6. The SMILES string of the molecule is CCOc1cc(-c2ccc(N3CC[C@H](NC(=O)c4ncc(F)cc4Cl)[C@H](O)C3)nc2)c2c3cn[nH]c3nn2c1. The number of amides is 1.